The monoisotopic (exact) mass is 613 g/mol. The Labute approximate surface area is 248 Å². The topological polar surface area (TPSA) is 87.3 Å². The molecule has 0 bridgehead atoms. The van der Waals surface area contributed by atoms with Crippen LogP contribution in [-0.2, 0) is 22.3 Å². The predicted octanol–water partition coefficient (Wildman–Crippen LogP) is 6.97. The van der Waals surface area contributed by atoms with E-state index in [1.165, 1.54) is 36.4 Å². The molecular formula is C32H25F6N3O3. The van der Waals surface area contributed by atoms with Gasteiger partial charge in [-0.1, -0.05) is 72.8 Å². The lowest BCUT2D eigenvalue weighted by atomic mass is 9.98. The zero-order valence-electron chi connectivity index (χ0n) is 23.0. The van der Waals surface area contributed by atoms with Gasteiger partial charge in [-0.05, 0) is 59.0 Å². The molecule has 228 valence electrons. The molecule has 6 nitrogen and oxygen atoms in total. The van der Waals surface area contributed by atoms with Gasteiger partial charge in [-0.25, -0.2) is 0 Å². The van der Waals surface area contributed by atoms with Crippen LogP contribution in [0, 0.1) is 6.92 Å². The minimum absolute atomic E-state index is 0.0874. The van der Waals surface area contributed by atoms with Gasteiger partial charge >= 0.3 is 18.3 Å². The fraction of sp³-hybridized carbons (Fsp3) is 0.156. The fourth-order valence-corrected chi connectivity index (χ4v) is 4.39. The van der Waals surface area contributed by atoms with E-state index in [2.05, 4.69) is 10.6 Å². The third-order valence-corrected chi connectivity index (χ3v) is 6.63. The van der Waals surface area contributed by atoms with E-state index in [-0.39, 0.29) is 17.7 Å². The Bertz CT molecular complexity index is 1650. The molecule has 1 atom stereocenters. The first-order valence-electron chi connectivity index (χ1n) is 13.1. The van der Waals surface area contributed by atoms with E-state index in [0.717, 1.165) is 12.1 Å². The molecule has 0 aliphatic heterocycles. The van der Waals surface area contributed by atoms with E-state index >= 15 is 0 Å². The fourth-order valence-electron chi connectivity index (χ4n) is 4.39. The summed E-state index contributed by atoms with van der Waals surface area (Å²) >= 11 is 0. The number of hydrogen-bond acceptors (Lipinski definition) is 3. The first kappa shape index (κ1) is 31.8. The first-order chi connectivity index (χ1) is 20.7. The highest BCUT2D eigenvalue weighted by Crippen LogP contribution is 2.32. The van der Waals surface area contributed by atoms with E-state index in [1.807, 2.05) is 0 Å². The molecule has 0 aliphatic carbocycles. The van der Waals surface area contributed by atoms with Gasteiger partial charge in [-0.2, -0.15) is 26.3 Å². The quantitative estimate of drug-likeness (QED) is 0.188. The molecule has 0 aliphatic rings. The summed E-state index contributed by atoms with van der Waals surface area (Å²) in [5.41, 5.74) is 2.02. The zero-order chi connectivity index (χ0) is 32.1. The van der Waals surface area contributed by atoms with Crippen LogP contribution in [0.1, 0.15) is 38.7 Å². The number of aryl methyl sites for hydroxylation is 1. The maximum Gasteiger partial charge on any atom is 0.471 e. The second-order valence-electron chi connectivity index (χ2n) is 9.76. The molecule has 4 rings (SSSR count). The van der Waals surface area contributed by atoms with Crippen LogP contribution in [-0.4, -0.2) is 23.9 Å². The van der Waals surface area contributed by atoms with Crippen molar-refractivity contribution >= 4 is 23.4 Å². The predicted molar refractivity (Wildman–Crippen MR) is 151 cm³/mol. The molecule has 44 heavy (non-hydrogen) atoms. The van der Waals surface area contributed by atoms with Gasteiger partial charge in [0, 0.05) is 17.8 Å². The standard InChI is InChI=1S/C32H25F6N3O3/c1-19-17-20(18-39-29(43)27(22-7-3-2-4-8-22)41-30(44)32(36,37)38)11-16-26(19)40-28(42)25-10-6-5-9-24(25)21-12-14-23(15-13-21)31(33,34)35/h2-17,27H,18H2,1H3,(H,39,43)(H,40,42)(H,41,44)/t27-/m0/s1. The summed E-state index contributed by atoms with van der Waals surface area (Å²) in [4.78, 5) is 37.6. The van der Waals surface area contributed by atoms with Crippen molar-refractivity contribution in [1.29, 1.82) is 0 Å². The SMILES string of the molecule is Cc1cc(CNC(=O)[C@@H](NC(=O)C(F)(F)F)c2ccccc2)ccc1NC(=O)c1ccccc1-c1ccc(C(F)(F)F)cc1. The highest BCUT2D eigenvalue weighted by molar-refractivity contribution is 6.09. The Hall–Kier alpha value is -5.13. The lowest BCUT2D eigenvalue weighted by Crippen LogP contribution is -2.45. The van der Waals surface area contributed by atoms with Crippen LogP contribution in [0.15, 0.2) is 97.1 Å². The molecule has 0 heterocycles. The highest BCUT2D eigenvalue weighted by Gasteiger charge is 2.41. The van der Waals surface area contributed by atoms with Gasteiger partial charge in [0.25, 0.3) is 5.91 Å². The minimum atomic E-state index is -5.18. The minimum Gasteiger partial charge on any atom is -0.350 e. The van der Waals surface area contributed by atoms with Gasteiger partial charge in [-0.15, -0.1) is 0 Å². The highest BCUT2D eigenvalue weighted by atomic mass is 19.4. The number of carbonyl (C=O) groups excluding carboxylic acids is 3. The zero-order valence-corrected chi connectivity index (χ0v) is 23.0. The molecule has 0 spiro atoms. The second kappa shape index (κ2) is 13.0. The number of anilines is 1. The number of alkyl halides is 6. The maximum atomic E-state index is 13.2. The first-order valence-corrected chi connectivity index (χ1v) is 13.1. The molecule has 4 aromatic carbocycles. The van der Waals surface area contributed by atoms with Crippen molar-refractivity contribution in [3.8, 4) is 11.1 Å². The Morgan fingerprint density at radius 3 is 2.02 bits per heavy atom. The number of nitrogens with one attached hydrogen (secondary N) is 3. The van der Waals surface area contributed by atoms with E-state index in [1.54, 1.807) is 60.8 Å². The van der Waals surface area contributed by atoms with Crippen LogP contribution in [0.25, 0.3) is 11.1 Å². The molecule has 3 amide bonds. The largest absolute Gasteiger partial charge is 0.471 e. The summed E-state index contributed by atoms with van der Waals surface area (Å²) in [6, 6.07) is 21.6. The van der Waals surface area contributed by atoms with E-state index in [4.69, 9.17) is 0 Å². The second-order valence-corrected chi connectivity index (χ2v) is 9.76. The third kappa shape index (κ3) is 7.82. The molecule has 0 radical (unpaired) electrons. The molecule has 12 heteroatoms. The summed E-state index contributed by atoms with van der Waals surface area (Å²) in [5.74, 6) is -3.61. The number of rotatable bonds is 8. The number of benzene rings is 4. The Morgan fingerprint density at radius 2 is 1.41 bits per heavy atom. The van der Waals surface area contributed by atoms with Crippen LogP contribution in [0.3, 0.4) is 0 Å². The van der Waals surface area contributed by atoms with Crippen molar-refractivity contribution in [2.24, 2.45) is 0 Å². The lowest BCUT2D eigenvalue weighted by Gasteiger charge is -2.20. The molecule has 0 saturated heterocycles. The number of halogens is 6. The van der Waals surface area contributed by atoms with Gasteiger partial charge in [0.15, 0.2) is 0 Å². The molecular weight excluding hydrogens is 588 g/mol. The van der Waals surface area contributed by atoms with Crippen LogP contribution in [0.2, 0.25) is 0 Å². The summed E-state index contributed by atoms with van der Waals surface area (Å²) in [6.07, 6.45) is -9.67. The molecule has 0 aromatic heterocycles. The average Bonchev–Trinajstić information content (AvgIpc) is 2.99. The molecule has 0 fully saturated rings. The molecule has 0 unspecified atom stereocenters. The van der Waals surface area contributed by atoms with Crippen LogP contribution in [0.5, 0.6) is 0 Å². The number of amides is 3. The summed E-state index contributed by atoms with van der Waals surface area (Å²) < 4.78 is 77.6. The van der Waals surface area contributed by atoms with Crippen molar-refractivity contribution in [2.45, 2.75) is 31.9 Å². The number of hydrogen-bond donors (Lipinski definition) is 3. The third-order valence-electron chi connectivity index (χ3n) is 6.63. The van der Waals surface area contributed by atoms with E-state index in [0.29, 0.717) is 27.9 Å². The van der Waals surface area contributed by atoms with E-state index in [9.17, 15) is 40.7 Å². The van der Waals surface area contributed by atoms with Gasteiger partial charge in [0.05, 0.1) is 5.56 Å². The number of carbonyl (C=O) groups is 3. The summed E-state index contributed by atoms with van der Waals surface area (Å²) in [6.45, 7) is 1.61. The van der Waals surface area contributed by atoms with Crippen molar-refractivity contribution in [2.75, 3.05) is 5.32 Å². The molecule has 0 saturated carbocycles. The van der Waals surface area contributed by atoms with Gasteiger partial charge in [-0.3, -0.25) is 14.4 Å². The van der Waals surface area contributed by atoms with Crippen LogP contribution in [0.4, 0.5) is 32.0 Å². The Kier molecular flexibility index (Phi) is 9.41. The van der Waals surface area contributed by atoms with Gasteiger partial charge in [0.1, 0.15) is 6.04 Å². The van der Waals surface area contributed by atoms with Crippen molar-refractivity contribution in [3.05, 3.63) is 125 Å². The normalized spacial score (nSPS) is 12.2. The van der Waals surface area contributed by atoms with E-state index < -0.39 is 41.7 Å². The van der Waals surface area contributed by atoms with Gasteiger partial charge in [0.2, 0.25) is 5.91 Å². The van der Waals surface area contributed by atoms with Crippen LogP contribution < -0.4 is 16.0 Å². The van der Waals surface area contributed by atoms with Crippen molar-refractivity contribution in [3.63, 3.8) is 0 Å². The van der Waals surface area contributed by atoms with Gasteiger partial charge < -0.3 is 16.0 Å². The lowest BCUT2D eigenvalue weighted by molar-refractivity contribution is -0.174. The average molecular weight is 614 g/mol. The Balaban J connectivity index is 1.45. The smallest absolute Gasteiger partial charge is 0.350 e. The Morgan fingerprint density at radius 1 is 0.773 bits per heavy atom. The van der Waals surface area contributed by atoms with Crippen LogP contribution >= 0.6 is 0 Å². The summed E-state index contributed by atoms with van der Waals surface area (Å²) in [7, 11) is 0. The molecule has 4 aromatic rings. The maximum absolute atomic E-state index is 13.2. The van der Waals surface area contributed by atoms with Crippen molar-refractivity contribution in [1.82, 2.24) is 10.6 Å². The summed E-state index contributed by atoms with van der Waals surface area (Å²) in [5, 5.41) is 7.03. The molecule has 3 N–H and O–H groups in total. The van der Waals surface area contributed by atoms with Crippen molar-refractivity contribution < 1.29 is 40.7 Å².